The standard InChI is InChI=1S/C6H8N2O6S/c9-5-3-4(6(10)11)7-8(5)1-2-15(12,13)14/h3,7H,1-2H2,(H,10,11)(H,12,13,14). The lowest BCUT2D eigenvalue weighted by Crippen LogP contribution is -2.21. The van der Waals surface area contributed by atoms with E-state index in [-0.39, 0.29) is 12.2 Å². The predicted octanol–water partition coefficient (Wildman–Crippen LogP) is -1.24. The van der Waals surface area contributed by atoms with Crippen molar-refractivity contribution in [2.75, 3.05) is 5.75 Å². The molecule has 0 aliphatic carbocycles. The Morgan fingerprint density at radius 1 is 1.53 bits per heavy atom. The zero-order valence-electron chi connectivity index (χ0n) is 7.37. The maximum Gasteiger partial charge on any atom is 0.353 e. The summed E-state index contributed by atoms with van der Waals surface area (Å²) in [5.41, 5.74) is -1.01. The van der Waals surface area contributed by atoms with Crippen molar-refractivity contribution in [3.05, 3.63) is 22.1 Å². The van der Waals surface area contributed by atoms with Crippen molar-refractivity contribution < 1.29 is 22.9 Å². The maximum atomic E-state index is 11.1. The minimum Gasteiger partial charge on any atom is -0.477 e. The fraction of sp³-hybridized carbons (Fsp3) is 0.333. The summed E-state index contributed by atoms with van der Waals surface area (Å²) in [5, 5.41) is 10.7. The van der Waals surface area contributed by atoms with Crippen LogP contribution in [0.4, 0.5) is 0 Å². The number of aromatic amines is 1. The lowest BCUT2D eigenvalue weighted by molar-refractivity contribution is 0.0689. The lowest BCUT2D eigenvalue weighted by Gasteiger charge is -1.98. The zero-order valence-corrected chi connectivity index (χ0v) is 8.19. The van der Waals surface area contributed by atoms with Gasteiger partial charge in [-0.2, -0.15) is 8.42 Å². The molecule has 0 saturated carbocycles. The third-order valence-corrected chi connectivity index (χ3v) is 2.29. The molecule has 0 spiro atoms. The van der Waals surface area contributed by atoms with Crippen molar-refractivity contribution in [3.8, 4) is 0 Å². The molecular formula is C6H8N2O6S. The van der Waals surface area contributed by atoms with Gasteiger partial charge < -0.3 is 5.11 Å². The normalized spacial score (nSPS) is 11.5. The summed E-state index contributed by atoms with van der Waals surface area (Å²) < 4.78 is 29.9. The molecule has 8 nitrogen and oxygen atoms in total. The van der Waals surface area contributed by atoms with Crippen LogP contribution in [-0.4, -0.2) is 39.6 Å². The SMILES string of the molecule is O=C(O)c1cc(=O)n(CCS(=O)(=O)O)[nH]1. The van der Waals surface area contributed by atoms with Crippen molar-refractivity contribution in [2.45, 2.75) is 6.54 Å². The summed E-state index contributed by atoms with van der Waals surface area (Å²) in [7, 11) is -4.18. The van der Waals surface area contributed by atoms with Gasteiger partial charge in [0.2, 0.25) is 0 Å². The quantitative estimate of drug-likeness (QED) is 0.561. The summed E-state index contributed by atoms with van der Waals surface area (Å²) in [6.45, 7) is -0.328. The van der Waals surface area contributed by atoms with Gasteiger partial charge in [0.05, 0.1) is 12.3 Å². The Kier molecular flexibility index (Phi) is 2.95. The molecule has 1 heterocycles. The van der Waals surface area contributed by atoms with Crippen LogP contribution in [0.2, 0.25) is 0 Å². The Balaban J connectivity index is 2.88. The van der Waals surface area contributed by atoms with Crippen LogP contribution in [0.5, 0.6) is 0 Å². The molecule has 0 fully saturated rings. The minimum absolute atomic E-state index is 0.328. The van der Waals surface area contributed by atoms with Crippen molar-refractivity contribution in [1.29, 1.82) is 0 Å². The molecule has 0 unspecified atom stereocenters. The number of carbonyl (C=O) groups is 1. The van der Waals surface area contributed by atoms with Gasteiger partial charge in [0.15, 0.2) is 0 Å². The van der Waals surface area contributed by atoms with E-state index in [1.807, 2.05) is 0 Å². The largest absolute Gasteiger partial charge is 0.477 e. The van der Waals surface area contributed by atoms with Crippen molar-refractivity contribution in [3.63, 3.8) is 0 Å². The number of H-pyrrole nitrogens is 1. The maximum absolute atomic E-state index is 11.1. The first-order valence-corrected chi connectivity index (χ1v) is 5.39. The van der Waals surface area contributed by atoms with Crippen LogP contribution in [0.1, 0.15) is 10.5 Å². The van der Waals surface area contributed by atoms with Crippen LogP contribution in [0.15, 0.2) is 10.9 Å². The van der Waals surface area contributed by atoms with Crippen LogP contribution in [0.25, 0.3) is 0 Å². The van der Waals surface area contributed by atoms with Crippen LogP contribution in [-0.2, 0) is 16.7 Å². The molecule has 0 atom stereocenters. The number of hydrogen-bond donors (Lipinski definition) is 3. The molecular weight excluding hydrogens is 228 g/mol. The molecule has 3 N–H and O–H groups in total. The molecule has 1 aromatic rings. The number of carboxylic acids is 1. The zero-order chi connectivity index (χ0) is 11.6. The summed E-state index contributed by atoms with van der Waals surface area (Å²) in [5.74, 6) is -1.98. The van der Waals surface area contributed by atoms with Gasteiger partial charge in [-0.15, -0.1) is 0 Å². The second-order valence-electron chi connectivity index (χ2n) is 2.75. The molecule has 84 valence electrons. The average Bonchev–Trinajstić information content (AvgIpc) is 2.42. The smallest absolute Gasteiger partial charge is 0.353 e. The van der Waals surface area contributed by atoms with E-state index in [9.17, 15) is 18.0 Å². The molecule has 9 heteroatoms. The predicted molar refractivity (Wildman–Crippen MR) is 48.4 cm³/mol. The number of aromatic carboxylic acids is 1. The Bertz CT molecular complexity index is 524. The fourth-order valence-electron chi connectivity index (χ4n) is 0.916. The van der Waals surface area contributed by atoms with E-state index in [0.29, 0.717) is 0 Å². The molecule has 0 aliphatic heterocycles. The average molecular weight is 236 g/mol. The molecule has 1 aromatic heterocycles. The lowest BCUT2D eigenvalue weighted by atomic mass is 10.4. The summed E-state index contributed by atoms with van der Waals surface area (Å²) >= 11 is 0. The number of nitrogens with one attached hydrogen (secondary N) is 1. The van der Waals surface area contributed by atoms with Gasteiger partial charge in [-0.05, 0) is 0 Å². The van der Waals surface area contributed by atoms with Crippen LogP contribution in [0, 0.1) is 0 Å². The Labute approximate surface area is 83.9 Å². The monoisotopic (exact) mass is 236 g/mol. The van der Waals surface area contributed by atoms with E-state index in [1.54, 1.807) is 0 Å². The van der Waals surface area contributed by atoms with Crippen molar-refractivity contribution in [2.24, 2.45) is 0 Å². The number of rotatable bonds is 4. The van der Waals surface area contributed by atoms with E-state index in [4.69, 9.17) is 9.66 Å². The summed E-state index contributed by atoms with van der Waals surface area (Å²) in [4.78, 5) is 21.5. The van der Waals surface area contributed by atoms with Gasteiger partial charge in [-0.25, -0.2) is 4.79 Å². The van der Waals surface area contributed by atoms with Gasteiger partial charge in [-0.1, -0.05) is 0 Å². The molecule has 15 heavy (non-hydrogen) atoms. The van der Waals surface area contributed by atoms with Gasteiger partial charge in [-0.3, -0.25) is 19.1 Å². The molecule has 0 bridgehead atoms. The number of hydrogen-bond acceptors (Lipinski definition) is 4. The number of carboxylic acid groups (broad SMARTS) is 1. The Hall–Kier alpha value is -1.61. The van der Waals surface area contributed by atoms with Gasteiger partial charge in [0.1, 0.15) is 5.69 Å². The first-order valence-electron chi connectivity index (χ1n) is 3.78. The van der Waals surface area contributed by atoms with E-state index in [2.05, 4.69) is 5.10 Å². The molecule has 0 aliphatic rings. The number of aromatic nitrogens is 2. The molecule has 1 rings (SSSR count). The summed E-state index contributed by atoms with van der Waals surface area (Å²) in [6, 6.07) is 0.826. The highest BCUT2D eigenvalue weighted by molar-refractivity contribution is 7.85. The van der Waals surface area contributed by atoms with Crippen LogP contribution < -0.4 is 5.56 Å². The second kappa shape index (κ2) is 3.87. The number of nitrogens with zero attached hydrogens (tertiary/aromatic N) is 1. The van der Waals surface area contributed by atoms with Crippen molar-refractivity contribution >= 4 is 16.1 Å². The second-order valence-corrected chi connectivity index (χ2v) is 4.32. The minimum atomic E-state index is -4.18. The first-order chi connectivity index (χ1) is 6.79. The van der Waals surface area contributed by atoms with E-state index >= 15 is 0 Å². The van der Waals surface area contributed by atoms with Crippen molar-refractivity contribution in [1.82, 2.24) is 9.78 Å². The molecule has 0 radical (unpaired) electrons. The molecule has 0 aromatic carbocycles. The molecule has 0 saturated heterocycles. The number of aryl methyl sites for hydroxylation is 1. The van der Waals surface area contributed by atoms with Crippen LogP contribution in [0.3, 0.4) is 0 Å². The van der Waals surface area contributed by atoms with Gasteiger partial charge in [0, 0.05) is 6.07 Å². The third-order valence-electron chi connectivity index (χ3n) is 1.59. The van der Waals surface area contributed by atoms with Gasteiger partial charge in [0.25, 0.3) is 15.7 Å². The van der Waals surface area contributed by atoms with E-state index < -0.39 is 27.4 Å². The summed E-state index contributed by atoms with van der Waals surface area (Å²) in [6.07, 6.45) is 0. The van der Waals surface area contributed by atoms with E-state index in [1.165, 1.54) is 0 Å². The Morgan fingerprint density at radius 2 is 2.13 bits per heavy atom. The highest BCUT2D eigenvalue weighted by atomic mass is 32.2. The highest BCUT2D eigenvalue weighted by Crippen LogP contribution is 1.91. The van der Waals surface area contributed by atoms with Gasteiger partial charge >= 0.3 is 5.97 Å². The topological polar surface area (TPSA) is 129 Å². The van der Waals surface area contributed by atoms with Crippen LogP contribution >= 0.6 is 0 Å². The molecule has 0 amide bonds. The fourth-order valence-corrected chi connectivity index (χ4v) is 1.33. The first kappa shape index (κ1) is 11.5. The van der Waals surface area contributed by atoms with E-state index in [0.717, 1.165) is 10.7 Å². The highest BCUT2D eigenvalue weighted by Gasteiger charge is 2.11. The Morgan fingerprint density at radius 3 is 2.53 bits per heavy atom. The third kappa shape index (κ3) is 3.22.